The molecule has 3 aromatic heterocycles. The predicted octanol–water partition coefficient (Wildman–Crippen LogP) is 2.60. The minimum absolute atomic E-state index is 0.0258. The largest absolute Gasteiger partial charge is 0.497 e. The maximum Gasteiger partial charge on any atom is 0.229 e. The number of thiazole rings is 1. The van der Waals surface area contributed by atoms with Gasteiger partial charge in [-0.2, -0.15) is 4.52 Å². The van der Waals surface area contributed by atoms with Crippen molar-refractivity contribution in [1.29, 1.82) is 0 Å². The van der Waals surface area contributed by atoms with Crippen molar-refractivity contribution in [2.45, 2.75) is 12.8 Å². The highest BCUT2D eigenvalue weighted by molar-refractivity contribution is 7.22. The summed E-state index contributed by atoms with van der Waals surface area (Å²) in [5, 5.41) is 16.0. The minimum Gasteiger partial charge on any atom is -0.497 e. The number of nitrogens with zero attached hydrogens (tertiary/aromatic N) is 6. The van der Waals surface area contributed by atoms with Crippen molar-refractivity contribution in [3.63, 3.8) is 0 Å². The summed E-state index contributed by atoms with van der Waals surface area (Å²) < 4.78 is 7.90. The average molecular weight is 409 g/mol. The highest BCUT2D eigenvalue weighted by atomic mass is 32.1. The SMILES string of the molecule is COc1ccc2nc(NC(=O)C3CCN(c4ccc5nncn5n4)CC3)sc2c1. The monoisotopic (exact) mass is 409 g/mol. The number of rotatable bonds is 4. The van der Waals surface area contributed by atoms with Gasteiger partial charge in [-0.05, 0) is 43.2 Å². The molecular weight excluding hydrogens is 390 g/mol. The summed E-state index contributed by atoms with van der Waals surface area (Å²) in [6, 6.07) is 9.55. The molecule has 0 unspecified atom stereocenters. The van der Waals surface area contributed by atoms with E-state index < -0.39 is 0 Å². The van der Waals surface area contributed by atoms with Crippen molar-refractivity contribution in [3.05, 3.63) is 36.7 Å². The fourth-order valence-corrected chi connectivity index (χ4v) is 4.45. The lowest BCUT2D eigenvalue weighted by molar-refractivity contribution is -0.120. The Balaban J connectivity index is 1.23. The Hall–Kier alpha value is -3.27. The van der Waals surface area contributed by atoms with Gasteiger partial charge >= 0.3 is 0 Å². The Morgan fingerprint density at radius 3 is 2.93 bits per heavy atom. The van der Waals surface area contributed by atoms with Gasteiger partial charge in [-0.3, -0.25) is 4.79 Å². The van der Waals surface area contributed by atoms with Crippen LogP contribution < -0.4 is 15.0 Å². The topological polar surface area (TPSA) is 97.5 Å². The van der Waals surface area contributed by atoms with E-state index in [2.05, 4.69) is 30.5 Å². The van der Waals surface area contributed by atoms with Gasteiger partial charge in [0.1, 0.15) is 17.9 Å². The first-order valence-corrected chi connectivity index (χ1v) is 10.2. The Morgan fingerprint density at radius 1 is 1.24 bits per heavy atom. The second-order valence-electron chi connectivity index (χ2n) is 6.93. The van der Waals surface area contributed by atoms with Crippen LogP contribution >= 0.6 is 11.3 Å². The zero-order valence-corrected chi connectivity index (χ0v) is 16.6. The van der Waals surface area contributed by atoms with Crippen molar-refractivity contribution in [3.8, 4) is 5.75 Å². The first-order valence-electron chi connectivity index (χ1n) is 9.37. The van der Waals surface area contributed by atoms with Gasteiger partial charge in [-0.15, -0.1) is 15.3 Å². The molecule has 1 N–H and O–H groups in total. The van der Waals surface area contributed by atoms with Crippen LogP contribution in [0.2, 0.25) is 0 Å². The van der Waals surface area contributed by atoms with Crippen LogP contribution in [0.4, 0.5) is 10.9 Å². The van der Waals surface area contributed by atoms with Gasteiger partial charge in [0.25, 0.3) is 0 Å². The molecule has 0 atom stereocenters. The maximum atomic E-state index is 12.7. The quantitative estimate of drug-likeness (QED) is 0.553. The van der Waals surface area contributed by atoms with Crippen LogP contribution in [0.3, 0.4) is 0 Å². The Kier molecular flexibility index (Phi) is 4.47. The van der Waals surface area contributed by atoms with E-state index in [4.69, 9.17) is 4.74 Å². The van der Waals surface area contributed by atoms with Crippen LogP contribution in [-0.4, -0.2) is 50.9 Å². The van der Waals surface area contributed by atoms with Gasteiger partial charge in [0.05, 0.1) is 17.3 Å². The van der Waals surface area contributed by atoms with E-state index in [1.165, 1.54) is 11.3 Å². The summed E-state index contributed by atoms with van der Waals surface area (Å²) in [5.41, 5.74) is 1.58. The number of ether oxygens (including phenoxy) is 1. The van der Waals surface area contributed by atoms with E-state index in [-0.39, 0.29) is 11.8 Å². The number of aromatic nitrogens is 5. The number of nitrogens with one attached hydrogen (secondary N) is 1. The second kappa shape index (κ2) is 7.28. The number of anilines is 2. The fraction of sp³-hybridized carbons (Fsp3) is 0.316. The highest BCUT2D eigenvalue weighted by Crippen LogP contribution is 2.30. The van der Waals surface area contributed by atoms with Crippen molar-refractivity contribution >= 4 is 44.1 Å². The van der Waals surface area contributed by atoms with Crippen LogP contribution in [0.5, 0.6) is 5.75 Å². The molecule has 5 rings (SSSR count). The molecule has 0 radical (unpaired) electrons. The number of hydrogen-bond donors (Lipinski definition) is 1. The third-order valence-electron chi connectivity index (χ3n) is 5.16. The minimum atomic E-state index is -0.0357. The third-order valence-corrected chi connectivity index (χ3v) is 6.10. The van der Waals surface area contributed by atoms with E-state index >= 15 is 0 Å². The molecule has 29 heavy (non-hydrogen) atoms. The van der Waals surface area contributed by atoms with E-state index in [9.17, 15) is 4.79 Å². The van der Waals surface area contributed by atoms with Crippen molar-refractivity contribution in [2.75, 3.05) is 30.4 Å². The molecule has 1 aliphatic heterocycles. The predicted molar refractivity (Wildman–Crippen MR) is 111 cm³/mol. The lowest BCUT2D eigenvalue weighted by Crippen LogP contribution is -2.38. The normalized spacial score (nSPS) is 15.1. The van der Waals surface area contributed by atoms with Crippen LogP contribution in [0.25, 0.3) is 15.9 Å². The van der Waals surface area contributed by atoms with Gasteiger partial charge < -0.3 is 15.0 Å². The molecule has 4 heterocycles. The van der Waals surface area contributed by atoms with Gasteiger partial charge in [0.15, 0.2) is 10.8 Å². The third kappa shape index (κ3) is 3.46. The van der Waals surface area contributed by atoms with Crippen LogP contribution in [0.1, 0.15) is 12.8 Å². The van der Waals surface area contributed by atoms with Crippen molar-refractivity contribution < 1.29 is 9.53 Å². The number of carbonyl (C=O) groups excluding carboxylic acids is 1. The summed E-state index contributed by atoms with van der Waals surface area (Å²) in [5.74, 6) is 1.64. The van der Waals surface area contributed by atoms with E-state index in [1.807, 2.05) is 30.3 Å². The van der Waals surface area contributed by atoms with Gasteiger partial charge in [0, 0.05) is 19.0 Å². The molecule has 148 valence electrons. The average Bonchev–Trinajstić information content (AvgIpc) is 3.38. The molecule has 1 fully saturated rings. The van der Waals surface area contributed by atoms with E-state index in [0.717, 1.165) is 53.4 Å². The smallest absolute Gasteiger partial charge is 0.229 e. The van der Waals surface area contributed by atoms with Gasteiger partial charge in [-0.1, -0.05) is 11.3 Å². The van der Waals surface area contributed by atoms with Gasteiger partial charge in [0.2, 0.25) is 5.91 Å². The number of hydrogen-bond acceptors (Lipinski definition) is 8. The summed E-state index contributed by atoms with van der Waals surface area (Å²) in [7, 11) is 1.64. The number of amides is 1. The number of piperidine rings is 1. The lowest BCUT2D eigenvalue weighted by Gasteiger charge is -2.31. The van der Waals surface area contributed by atoms with E-state index in [1.54, 1.807) is 18.0 Å². The molecule has 4 aromatic rings. The molecule has 0 aliphatic carbocycles. The molecular formula is C19H19N7O2S. The molecule has 1 saturated heterocycles. The Labute approximate surface area is 170 Å². The van der Waals surface area contributed by atoms with Crippen LogP contribution in [0.15, 0.2) is 36.7 Å². The Morgan fingerprint density at radius 2 is 2.10 bits per heavy atom. The van der Waals surface area contributed by atoms with E-state index in [0.29, 0.717) is 5.13 Å². The summed E-state index contributed by atoms with van der Waals surface area (Å²) in [4.78, 5) is 19.4. The molecule has 0 spiro atoms. The first-order chi connectivity index (χ1) is 14.2. The molecule has 9 nitrogen and oxygen atoms in total. The number of fused-ring (bicyclic) bond motifs is 2. The summed E-state index contributed by atoms with van der Waals surface area (Å²) in [6.07, 6.45) is 3.13. The van der Waals surface area contributed by atoms with Gasteiger partial charge in [-0.25, -0.2) is 4.98 Å². The lowest BCUT2D eigenvalue weighted by atomic mass is 9.96. The molecule has 1 aromatic carbocycles. The molecule has 0 saturated carbocycles. The standard InChI is InChI=1S/C19H19N7O2S/c1-28-13-2-3-14-15(10-13)29-19(21-14)22-18(27)12-6-8-25(9-7-12)17-5-4-16-23-20-11-26(16)24-17/h2-5,10-12H,6-9H2,1H3,(H,21,22,27). The molecule has 1 aliphatic rings. The first kappa shape index (κ1) is 17.8. The zero-order valence-electron chi connectivity index (χ0n) is 15.8. The van der Waals surface area contributed by atoms with Crippen LogP contribution in [0, 0.1) is 5.92 Å². The molecule has 0 bridgehead atoms. The maximum absolute atomic E-state index is 12.7. The van der Waals surface area contributed by atoms with Crippen molar-refractivity contribution in [2.24, 2.45) is 5.92 Å². The number of benzene rings is 1. The second-order valence-corrected chi connectivity index (χ2v) is 7.96. The number of carbonyl (C=O) groups is 1. The molecule has 1 amide bonds. The van der Waals surface area contributed by atoms with Crippen molar-refractivity contribution in [1.82, 2.24) is 24.8 Å². The summed E-state index contributed by atoms with van der Waals surface area (Å²) in [6.45, 7) is 1.55. The fourth-order valence-electron chi connectivity index (χ4n) is 3.55. The number of methoxy groups -OCH3 is 1. The molecule has 10 heteroatoms. The summed E-state index contributed by atoms with van der Waals surface area (Å²) >= 11 is 1.46. The Bertz CT molecular complexity index is 1180. The van der Waals surface area contributed by atoms with Crippen LogP contribution in [-0.2, 0) is 4.79 Å². The zero-order chi connectivity index (χ0) is 19.8. The highest BCUT2D eigenvalue weighted by Gasteiger charge is 2.26.